The second-order valence-corrected chi connectivity index (χ2v) is 3.18. The smallest absolute Gasteiger partial charge is 0.0547 e. The summed E-state index contributed by atoms with van der Waals surface area (Å²) in [5.74, 6) is 0. The van der Waals surface area contributed by atoms with Crippen LogP contribution in [0.15, 0.2) is 0 Å². The Morgan fingerprint density at radius 3 is 2.27 bits per heavy atom. The van der Waals surface area contributed by atoms with Gasteiger partial charge < -0.3 is 4.74 Å². The number of unbranched alkanes of at least 4 members (excludes halogenated alkanes) is 2. The van der Waals surface area contributed by atoms with E-state index in [0.29, 0.717) is 6.10 Å². The highest BCUT2D eigenvalue weighted by Crippen LogP contribution is 2.04. The molecule has 0 aliphatic carbocycles. The molecule has 0 amide bonds. The fourth-order valence-electron chi connectivity index (χ4n) is 1.00. The zero-order valence-corrected chi connectivity index (χ0v) is 8.23. The highest BCUT2D eigenvalue weighted by molar-refractivity contribution is 4.49. The molecule has 0 heterocycles. The first-order chi connectivity index (χ1) is 5.31. The van der Waals surface area contributed by atoms with E-state index in [1.807, 2.05) is 0 Å². The summed E-state index contributed by atoms with van der Waals surface area (Å²) in [7, 11) is 0. The summed E-state index contributed by atoms with van der Waals surface area (Å²) in [6, 6.07) is 0. The molecule has 11 heavy (non-hydrogen) atoms. The molecule has 1 atom stereocenters. The molecule has 68 valence electrons. The fourth-order valence-corrected chi connectivity index (χ4v) is 1.00. The van der Waals surface area contributed by atoms with Crippen molar-refractivity contribution < 1.29 is 4.74 Å². The summed E-state index contributed by atoms with van der Waals surface area (Å²) >= 11 is 0. The Balaban J connectivity index is 3.02. The molecule has 1 unspecified atom stereocenters. The SMILES string of the molecule is CCCCOC(C)CCCC. The van der Waals surface area contributed by atoms with Gasteiger partial charge in [0.15, 0.2) is 0 Å². The van der Waals surface area contributed by atoms with E-state index in [1.54, 1.807) is 0 Å². The van der Waals surface area contributed by atoms with Gasteiger partial charge in [-0.25, -0.2) is 0 Å². The summed E-state index contributed by atoms with van der Waals surface area (Å²) in [5.41, 5.74) is 0. The Hall–Kier alpha value is -0.0400. The normalized spacial score (nSPS) is 13.4. The Bertz CT molecular complexity index is 71.3. The lowest BCUT2D eigenvalue weighted by Gasteiger charge is -2.11. The molecule has 0 aliphatic heterocycles. The van der Waals surface area contributed by atoms with Crippen molar-refractivity contribution >= 4 is 0 Å². The Labute approximate surface area is 71.1 Å². The molecule has 0 saturated carbocycles. The molecule has 0 aromatic heterocycles. The minimum absolute atomic E-state index is 0.474. The minimum atomic E-state index is 0.474. The third kappa shape index (κ3) is 7.86. The molecule has 0 bridgehead atoms. The van der Waals surface area contributed by atoms with Gasteiger partial charge in [-0.3, -0.25) is 0 Å². The van der Waals surface area contributed by atoms with Crippen molar-refractivity contribution in [1.82, 2.24) is 0 Å². The van der Waals surface area contributed by atoms with Crippen LogP contribution in [0.3, 0.4) is 0 Å². The van der Waals surface area contributed by atoms with Crippen LogP contribution in [0, 0.1) is 0 Å². The third-order valence-corrected chi connectivity index (χ3v) is 1.86. The molecule has 1 heteroatoms. The van der Waals surface area contributed by atoms with Gasteiger partial charge in [0.1, 0.15) is 0 Å². The zero-order valence-electron chi connectivity index (χ0n) is 8.23. The molecule has 0 radical (unpaired) electrons. The van der Waals surface area contributed by atoms with Crippen LogP contribution in [0.5, 0.6) is 0 Å². The fraction of sp³-hybridized carbons (Fsp3) is 1.00. The molecule has 0 aromatic carbocycles. The maximum Gasteiger partial charge on any atom is 0.0547 e. The van der Waals surface area contributed by atoms with Gasteiger partial charge in [-0.2, -0.15) is 0 Å². The van der Waals surface area contributed by atoms with Crippen LogP contribution >= 0.6 is 0 Å². The lowest BCUT2D eigenvalue weighted by molar-refractivity contribution is 0.0569. The van der Waals surface area contributed by atoms with Crippen molar-refractivity contribution in [1.29, 1.82) is 0 Å². The van der Waals surface area contributed by atoms with Gasteiger partial charge in [0.25, 0.3) is 0 Å². The summed E-state index contributed by atoms with van der Waals surface area (Å²) in [4.78, 5) is 0. The quantitative estimate of drug-likeness (QED) is 0.516. The van der Waals surface area contributed by atoms with Gasteiger partial charge in [-0.15, -0.1) is 0 Å². The predicted octanol–water partition coefficient (Wildman–Crippen LogP) is 3.38. The van der Waals surface area contributed by atoms with Crippen LogP contribution in [0.4, 0.5) is 0 Å². The van der Waals surface area contributed by atoms with Crippen LogP contribution in [-0.4, -0.2) is 12.7 Å². The minimum Gasteiger partial charge on any atom is -0.379 e. The van der Waals surface area contributed by atoms with Crippen LogP contribution in [0.25, 0.3) is 0 Å². The number of rotatable bonds is 7. The van der Waals surface area contributed by atoms with Crippen LogP contribution in [0.2, 0.25) is 0 Å². The van der Waals surface area contributed by atoms with Crippen molar-refractivity contribution in [3.05, 3.63) is 0 Å². The third-order valence-electron chi connectivity index (χ3n) is 1.86. The average Bonchev–Trinajstić information content (AvgIpc) is 2.01. The second kappa shape index (κ2) is 8.06. The van der Waals surface area contributed by atoms with Crippen molar-refractivity contribution in [3.8, 4) is 0 Å². The first-order valence-corrected chi connectivity index (χ1v) is 4.92. The van der Waals surface area contributed by atoms with Crippen LogP contribution in [0.1, 0.15) is 52.9 Å². The lowest BCUT2D eigenvalue weighted by Crippen LogP contribution is -2.08. The van der Waals surface area contributed by atoms with Crippen molar-refractivity contribution in [3.63, 3.8) is 0 Å². The molecule has 0 rings (SSSR count). The van der Waals surface area contributed by atoms with Crippen molar-refractivity contribution in [2.75, 3.05) is 6.61 Å². The topological polar surface area (TPSA) is 9.23 Å². The highest BCUT2D eigenvalue weighted by atomic mass is 16.5. The summed E-state index contributed by atoms with van der Waals surface area (Å²) in [5, 5.41) is 0. The van der Waals surface area contributed by atoms with E-state index >= 15 is 0 Å². The monoisotopic (exact) mass is 158 g/mol. The van der Waals surface area contributed by atoms with E-state index in [9.17, 15) is 0 Å². The molecule has 0 spiro atoms. The van der Waals surface area contributed by atoms with Crippen molar-refractivity contribution in [2.45, 2.75) is 59.0 Å². The van der Waals surface area contributed by atoms with E-state index in [4.69, 9.17) is 4.74 Å². The van der Waals surface area contributed by atoms with Gasteiger partial charge >= 0.3 is 0 Å². The zero-order chi connectivity index (χ0) is 8.53. The first kappa shape index (κ1) is 11.0. The molecular weight excluding hydrogens is 136 g/mol. The lowest BCUT2D eigenvalue weighted by atomic mass is 10.2. The van der Waals surface area contributed by atoms with E-state index in [0.717, 1.165) is 6.61 Å². The summed E-state index contributed by atoms with van der Waals surface area (Å²) < 4.78 is 5.58. The molecule has 0 aliphatic rings. The number of hydrogen-bond donors (Lipinski definition) is 0. The van der Waals surface area contributed by atoms with E-state index in [-0.39, 0.29) is 0 Å². The Morgan fingerprint density at radius 2 is 1.73 bits per heavy atom. The first-order valence-electron chi connectivity index (χ1n) is 4.92. The Morgan fingerprint density at radius 1 is 1.09 bits per heavy atom. The molecular formula is C10H22O. The standard InChI is InChI=1S/C10H22O/c1-4-6-8-10(3)11-9-7-5-2/h10H,4-9H2,1-3H3. The summed E-state index contributed by atoms with van der Waals surface area (Å²) in [6.45, 7) is 7.53. The maximum atomic E-state index is 5.58. The molecule has 0 fully saturated rings. The van der Waals surface area contributed by atoms with E-state index in [2.05, 4.69) is 20.8 Å². The molecule has 0 N–H and O–H groups in total. The van der Waals surface area contributed by atoms with E-state index in [1.165, 1.54) is 32.1 Å². The van der Waals surface area contributed by atoms with E-state index < -0.39 is 0 Å². The summed E-state index contributed by atoms with van der Waals surface area (Å²) in [6.07, 6.45) is 6.72. The predicted molar refractivity (Wildman–Crippen MR) is 49.8 cm³/mol. The maximum absolute atomic E-state index is 5.58. The average molecular weight is 158 g/mol. The Kier molecular flexibility index (Phi) is 8.03. The van der Waals surface area contributed by atoms with Gasteiger partial charge in [0.2, 0.25) is 0 Å². The van der Waals surface area contributed by atoms with Crippen molar-refractivity contribution in [2.24, 2.45) is 0 Å². The van der Waals surface area contributed by atoms with Gasteiger partial charge in [0.05, 0.1) is 6.10 Å². The highest BCUT2D eigenvalue weighted by Gasteiger charge is 1.99. The van der Waals surface area contributed by atoms with Crippen LogP contribution < -0.4 is 0 Å². The molecule has 0 saturated heterocycles. The van der Waals surface area contributed by atoms with Crippen LogP contribution in [-0.2, 0) is 4.74 Å². The second-order valence-electron chi connectivity index (χ2n) is 3.18. The number of hydrogen-bond acceptors (Lipinski definition) is 1. The van der Waals surface area contributed by atoms with Gasteiger partial charge in [-0.05, 0) is 19.8 Å². The van der Waals surface area contributed by atoms with Gasteiger partial charge in [-0.1, -0.05) is 33.1 Å². The van der Waals surface area contributed by atoms with Gasteiger partial charge in [0, 0.05) is 6.61 Å². The molecule has 1 nitrogen and oxygen atoms in total. The number of ether oxygens (including phenoxy) is 1. The molecule has 0 aromatic rings. The largest absolute Gasteiger partial charge is 0.379 e.